The number of nitrogens with zero attached hydrogens (tertiary/aromatic N) is 1. The summed E-state index contributed by atoms with van der Waals surface area (Å²) in [5, 5.41) is 3.01. The van der Waals surface area contributed by atoms with Crippen molar-refractivity contribution in [2.24, 2.45) is 0 Å². The van der Waals surface area contributed by atoms with Crippen molar-refractivity contribution in [1.82, 2.24) is 10.3 Å². The summed E-state index contributed by atoms with van der Waals surface area (Å²) in [4.78, 5) is 16.6. The largest absolute Gasteiger partial charge is 0.376 e. The smallest absolute Gasteiger partial charge is 0.251 e. The third kappa shape index (κ3) is 3.28. The van der Waals surface area contributed by atoms with Crippen molar-refractivity contribution in [2.75, 3.05) is 13.2 Å². The number of benzene rings is 1. The molecule has 1 N–H and O–H groups in total. The number of nitrogens with one attached hydrogen (secondary N) is 1. The topological polar surface area (TPSA) is 51.2 Å². The van der Waals surface area contributed by atoms with Crippen LogP contribution in [-0.4, -0.2) is 29.6 Å². The second-order valence-electron chi connectivity index (χ2n) is 5.71. The molecule has 2 heterocycles. The van der Waals surface area contributed by atoms with E-state index in [1.807, 2.05) is 31.2 Å². The molecule has 1 aliphatic heterocycles. The summed E-state index contributed by atoms with van der Waals surface area (Å²) in [6, 6.07) is 13.7. The Morgan fingerprint density at radius 1 is 1.29 bits per heavy atom. The van der Waals surface area contributed by atoms with Crippen LogP contribution in [0.2, 0.25) is 0 Å². The van der Waals surface area contributed by atoms with Gasteiger partial charge in [-0.1, -0.05) is 30.3 Å². The molecular weight excluding hydrogens is 264 g/mol. The second-order valence-corrected chi connectivity index (χ2v) is 5.71. The van der Waals surface area contributed by atoms with Gasteiger partial charge in [-0.25, -0.2) is 0 Å². The number of ether oxygens (including phenoxy) is 1. The van der Waals surface area contributed by atoms with Crippen LogP contribution in [-0.2, 0) is 11.2 Å². The number of aromatic nitrogens is 1. The summed E-state index contributed by atoms with van der Waals surface area (Å²) in [6.45, 7) is 3.13. The number of hydrogen-bond acceptors (Lipinski definition) is 3. The van der Waals surface area contributed by atoms with E-state index in [4.69, 9.17) is 4.74 Å². The van der Waals surface area contributed by atoms with Gasteiger partial charge in [-0.2, -0.15) is 0 Å². The zero-order chi connectivity index (χ0) is 14.7. The lowest BCUT2D eigenvalue weighted by molar-refractivity contribution is -0.0593. The fourth-order valence-corrected chi connectivity index (χ4v) is 2.35. The zero-order valence-electron chi connectivity index (χ0n) is 12.0. The van der Waals surface area contributed by atoms with Gasteiger partial charge in [-0.05, 0) is 24.6 Å². The molecule has 4 nitrogen and oxygen atoms in total. The predicted molar refractivity (Wildman–Crippen MR) is 80.2 cm³/mol. The molecular formula is C17H18N2O2. The fourth-order valence-electron chi connectivity index (χ4n) is 2.35. The van der Waals surface area contributed by atoms with Gasteiger partial charge in [0.15, 0.2) is 0 Å². The SMILES string of the molecule is CC1(NC(=O)c2ccnc(Cc3ccccc3)c2)COC1. The van der Waals surface area contributed by atoms with Crippen molar-refractivity contribution in [3.8, 4) is 0 Å². The maximum absolute atomic E-state index is 12.3. The van der Waals surface area contributed by atoms with E-state index in [9.17, 15) is 4.79 Å². The third-order valence-electron chi connectivity index (χ3n) is 3.56. The number of rotatable bonds is 4. The van der Waals surface area contributed by atoms with Crippen molar-refractivity contribution < 1.29 is 9.53 Å². The monoisotopic (exact) mass is 282 g/mol. The quantitative estimate of drug-likeness (QED) is 0.935. The standard InChI is InChI=1S/C17H18N2O2/c1-17(11-21-12-17)19-16(20)14-7-8-18-15(10-14)9-13-5-3-2-4-6-13/h2-8,10H,9,11-12H2,1H3,(H,19,20). The van der Waals surface area contributed by atoms with E-state index in [1.165, 1.54) is 5.56 Å². The molecule has 108 valence electrons. The Balaban J connectivity index is 1.72. The maximum Gasteiger partial charge on any atom is 0.251 e. The molecule has 0 spiro atoms. The van der Waals surface area contributed by atoms with Crippen molar-refractivity contribution in [3.05, 3.63) is 65.5 Å². The first-order valence-electron chi connectivity index (χ1n) is 7.04. The van der Waals surface area contributed by atoms with Crippen molar-refractivity contribution in [1.29, 1.82) is 0 Å². The van der Waals surface area contributed by atoms with Crippen molar-refractivity contribution >= 4 is 5.91 Å². The van der Waals surface area contributed by atoms with Gasteiger partial charge in [0.1, 0.15) is 0 Å². The van der Waals surface area contributed by atoms with Gasteiger partial charge >= 0.3 is 0 Å². The van der Waals surface area contributed by atoms with Crippen LogP contribution in [0.3, 0.4) is 0 Å². The molecule has 0 bridgehead atoms. The minimum Gasteiger partial charge on any atom is -0.376 e. The highest BCUT2D eigenvalue weighted by atomic mass is 16.5. The first kappa shape index (κ1) is 13.8. The minimum atomic E-state index is -0.236. The molecule has 0 aliphatic carbocycles. The summed E-state index contributed by atoms with van der Waals surface area (Å²) in [5.74, 6) is -0.0717. The zero-order valence-corrected chi connectivity index (χ0v) is 12.0. The molecule has 4 heteroatoms. The number of hydrogen-bond donors (Lipinski definition) is 1. The van der Waals surface area contributed by atoms with Crippen LogP contribution in [0.15, 0.2) is 48.7 Å². The Bertz CT molecular complexity index is 636. The molecule has 0 atom stereocenters. The highest BCUT2D eigenvalue weighted by Gasteiger charge is 2.34. The molecule has 1 aromatic heterocycles. The number of carbonyl (C=O) groups excluding carboxylic acids is 1. The summed E-state index contributed by atoms with van der Waals surface area (Å²) < 4.78 is 5.15. The first-order valence-corrected chi connectivity index (χ1v) is 7.04. The Morgan fingerprint density at radius 3 is 2.71 bits per heavy atom. The van der Waals surface area contributed by atoms with Gasteiger partial charge in [-0.15, -0.1) is 0 Å². The van der Waals surface area contributed by atoms with E-state index in [-0.39, 0.29) is 11.4 Å². The predicted octanol–water partition coefficient (Wildman–Crippen LogP) is 2.19. The van der Waals surface area contributed by atoms with Gasteiger partial charge in [0, 0.05) is 23.9 Å². The highest BCUT2D eigenvalue weighted by molar-refractivity contribution is 5.94. The molecule has 3 rings (SSSR count). The van der Waals surface area contributed by atoms with Crippen LogP contribution in [0.1, 0.15) is 28.5 Å². The lowest BCUT2D eigenvalue weighted by Crippen LogP contribution is -2.59. The fraction of sp³-hybridized carbons (Fsp3) is 0.294. The lowest BCUT2D eigenvalue weighted by atomic mass is 10.00. The number of amides is 1. The molecule has 1 amide bonds. The van der Waals surface area contributed by atoms with Crippen molar-refractivity contribution in [2.45, 2.75) is 18.9 Å². The average molecular weight is 282 g/mol. The Morgan fingerprint density at radius 2 is 2.05 bits per heavy atom. The van der Waals surface area contributed by atoms with Crippen LogP contribution in [0.4, 0.5) is 0 Å². The molecule has 0 unspecified atom stereocenters. The van der Waals surface area contributed by atoms with E-state index < -0.39 is 0 Å². The molecule has 21 heavy (non-hydrogen) atoms. The normalized spacial score (nSPS) is 16.0. The van der Waals surface area contributed by atoms with Crippen LogP contribution in [0.5, 0.6) is 0 Å². The molecule has 0 saturated carbocycles. The second kappa shape index (κ2) is 5.66. The molecule has 2 aromatic rings. The first-order chi connectivity index (χ1) is 10.1. The summed E-state index contributed by atoms with van der Waals surface area (Å²) in [7, 11) is 0. The van der Waals surface area contributed by atoms with Gasteiger partial charge in [-0.3, -0.25) is 9.78 Å². The van der Waals surface area contributed by atoms with Crippen LogP contribution < -0.4 is 5.32 Å². The lowest BCUT2D eigenvalue weighted by Gasteiger charge is -2.38. The van der Waals surface area contributed by atoms with Gasteiger partial charge in [0.25, 0.3) is 5.91 Å². The maximum atomic E-state index is 12.3. The Hall–Kier alpha value is -2.20. The molecule has 1 saturated heterocycles. The van der Waals surface area contributed by atoms with E-state index in [0.29, 0.717) is 18.8 Å². The number of carbonyl (C=O) groups is 1. The molecule has 1 aromatic carbocycles. The molecule has 1 aliphatic rings. The molecule has 1 fully saturated rings. The van der Waals surface area contributed by atoms with E-state index in [2.05, 4.69) is 22.4 Å². The average Bonchev–Trinajstić information content (AvgIpc) is 2.47. The summed E-state index contributed by atoms with van der Waals surface area (Å²) in [5.41, 5.74) is 2.48. The van der Waals surface area contributed by atoms with Crippen LogP contribution in [0.25, 0.3) is 0 Å². The van der Waals surface area contributed by atoms with E-state index in [1.54, 1.807) is 12.3 Å². The van der Waals surface area contributed by atoms with Crippen LogP contribution in [0, 0.1) is 0 Å². The number of pyridine rings is 1. The minimum absolute atomic E-state index is 0.0717. The van der Waals surface area contributed by atoms with Gasteiger partial charge in [0.05, 0.1) is 18.8 Å². The molecule has 0 radical (unpaired) electrons. The van der Waals surface area contributed by atoms with E-state index >= 15 is 0 Å². The van der Waals surface area contributed by atoms with Crippen molar-refractivity contribution in [3.63, 3.8) is 0 Å². The van der Waals surface area contributed by atoms with Gasteiger partial charge in [0.2, 0.25) is 0 Å². The van der Waals surface area contributed by atoms with Gasteiger partial charge < -0.3 is 10.1 Å². The van der Waals surface area contributed by atoms with E-state index in [0.717, 1.165) is 12.1 Å². The Kier molecular flexibility index (Phi) is 3.71. The van der Waals surface area contributed by atoms with Crippen LogP contribution >= 0.6 is 0 Å². The summed E-state index contributed by atoms with van der Waals surface area (Å²) >= 11 is 0. The Labute approximate surface area is 124 Å². The summed E-state index contributed by atoms with van der Waals surface area (Å²) in [6.07, 6.45) is 2.41. The third-order valence-corrected chi connectivity index (χ3v) is 3.56. The highest BCUT2D eigenvalue weighted by Crippen LogP contribution is 2.17.